The second-order valence-electron chi connectivity index (χ2n) is 5.80. The predicted octanol–water partition coefficient (Wildman–Crippen LogP) is 4.36. The summed E-state index contributed by atoms with van der Waals surface area (Å²) in [7, 11) is 1.74. The third-order valence-electron chi connectivity index (χ3n) is 3.22. The van der Waals surface area contributed by atoms with Gasteiger partial charge >= 0.3 is 0 Å². The van der Waals surface area contributed by atoms with E-state index >= 15 is 0 Å². The van der Waals surface area contributed by atoms with Gasteiger partial charge in [-0.1, -0.05) is 19.1 Å². The molecule has 0 aliphatic carbocycles. The molecular weight excluding hydrogens is 254 g/mol. The minimum Gasteiger partial charge on any atom is -0.495 e. The Balaban J connectivity index is 2.43. The summed E-state index contributed by atoms with van der Waals surface area (Å²) >= 11 is 1.85. The summed E-state index contributed by atoms with van der Waals surface area (Å²) in [5.74, 6) is 0.985. The van der Waals surface area contributed by atoms with Crippen LogP contribution in [0.2, 0.25) is 0 Å². The molecule has 0 fully saturated rings. The van der Waals surface area contributed by atoms with Gasteiger partial charge in [0, 0.05) is 17.0 Å². The molecule has 2 rings (SSSR count). The van der Waals surface area contributed by atoms with Crippen molar-refractivity contribution in [3.8, 4) is 5.75 Å². The molecule has 1 N–H and O–H groups in total. The molecule has 0 spiro atoms. The normalized spacial score (nSPS) is 12.1. The third kappa shape index (κ3) is 3.10. The maximum absolute atomic E-state index is 5.48. The van der Waals surface area contributed by atoms with E-state index in [1.165, 1.54) is 20.5 Å². The molecule has 0 bridgehead atoms. The lowest BCUT2D eigenvalue weighted by molar-refractivity contribution is 0.420. The standard InChI is InChI=1S/C16H23NOS/c1-6-11-12-8-7-9-13(18-5)15(12)19-14(11)10-17-16(2,3)4/h7-9,17H,6,10H2,1-5H3. The summed E-state index contributed by atoms with van der Waals surface area (Å²) < 4.78 is 6.75. The first kappa shape index (κ1) is 14.4. The Bertz CT molecular complexity index is 566. The van der Waals surface area contributed by atoms with E-state index in [0.717, 1.165) is 18.7 Å². The quantitative estimate of drug-likeness (QED) is 0.896. The molecule has 0 saturated heterocycles. The van der Waals surface area contributed by atoms with Crippen LogP contribution in [0.3, 0.4) is 0 Å². The topological polar surface area (TPSA) is 21.3 Å². The molecule has 2 aromatic rings. The molecule has 0 unspecified atom stereocenters. The van der Waals surface area contributed by atoms with Crippen LogP contribution in [0.5, 0.6) is 5.75 Å². The number of ether oxygens (including phenoxy) is 1. The first-order valence-corrected chi connectivity index (χ1v) is 7.60. The number of hydrogen-bond acceptors (Lipinski definition) is 3. The number of hydrogen-bond donors (Lipinski definition) is 1. The average molecular weight is 277 g/mol. The zero-order chi connectivity index (χ0) is 14.0. The number of thiophene rings is 1. The number of nitrogens with one attached hydrogen (secondary N) is 1. The molecule has 0 amide bonds. The monoisotopic (exact) mass is 277 g/mol. The van der Waals surface area contributed by atoms with Gasteiger partial charge in [-0.25, -0.2) is 0 Å². The molecule has 0 saturated carbocycles. The Morgan fingerprint density at radius 2 is 2.00 bits per heavy atom. The molecule has 0 aliphatic heterocycles. The molecule has 1 heterocycles. The van der Waals surface area contributed by atoms with E-state index in [4.69, 9.17) is 4.74 Å². The van der Waals surface area contributed by atoms with Gasteiger partial charge in [0.2, 0.25) is 0 Å². The molecule has 3 heteroatoms. The fourth-order valence-corrected chi connectivity index (χ4v) is 3.55. The van der Waals surface area contributed by atoms with Gasteiger partial charge in [0.1, 0.15) is 5.75 Å². The summed E-state index contributed by atoms with van der Waals surface area (Å²) in [6, 6.07) is 6.32. The molecule has 1 aromatic carbocycles. The lowest BCUT2D eigenvalue weighted by Crippen LogP contribution is -2.35. The van der Waals surface area contributed by atoms with Crippen LogP contribution in [-0.4, -0.2) is 12.6 Å². The highest BCUT2D eigenvalue weighted by Gasteiger charge is 2.16. The molecule has 0 aliphatic rings. The molecule has 2 nitrogen and oxygen atoms in total. The Morgan fingerprint density at radius 1 is 1.26 bits per heavy atom. The second kappa shape index (κ2) is 5.51. The molecule has 104 valence electrons. The number of methoxy groups -OCH3 is 1. The van der Waals surface area contributed by atoms with Crippen molar-refractivity contribution in [3.05, 3.63) is 28.6 Å². The largest absolute Gasteiger partial charge is 0.495 e. The highest BCUT2D eigenvalue weighted by atomic mass is 32.1. The van der Waals surface area contributed by atoms with Gasteiger partial charge in [0.15, 0.2) is 0 Å². The lowest BCUT2D eigenvalue weighted by atomic mass is 10.1. The third-order valence-corrected chi connectivity index (χ3v) is 4.48. The molecule has 1 aromatic heterocycles. The summed E-state index contributed by atoms with van der Waals surface area (Å²) in [6.07, 6.45) is 1.06. The van der Waals surface area contributed by atoms with Crippen LogP contribution in [0.25, 0.3) is 10.1 Å². The van der Waals surface area contributed by atoms with E-state index in [1.807, 2.05) is 17.4 Å². The zero-order valence-electron chi connectivity index (χ0n) is 12.5. The Kier molecular flexibility index (Phi) is 4.16. The zero-order valence-corrected chi connectivity index (χ0v) is 13.3. The van der Waals surface area contributed by atoms with Crippen LogP contribution in [0.4, 0.5) is 0 Å². The maximum atomic E-state index is 5.48. The van der Waals surface area contributed by atoms with Crippen molar-refractivity contribution < 1.29 is 4.74 Å². The van der Waals surface area contributed by atoms with Crippen molar-refractivity contribution in [1.29, 1.82) is 0 Å². The smallest absolute Gasteiger partial charge is 0.136 e. The van der Waals surface area contributed by atoms with Crippen molar-refractivity contribution >= 4 is 21.4 Å². The van der Waals surface area contributed by atoms with Crippen LogP contribution in [0.1, 0.15) is 38.1 Å². The number of benzene rings is 1. The van der Waals surface area contributed by atoms with Gasteiger partial charge in [0.25, 0.3) is 0 Å². The van der Waals surface area contributed by atoms with Gasteiger partial charge < -0.3 is 10.1 Å². The Hall–Kier alpha value is -1.06. The number of aryl methyl sites for hydroxylation is 1. The summed E-state index contributed by atoms with van der Waals surface area (Å²) in [5, 5.41) is 4.93. The van der Waals surface area contributed by atoms with Gasteiger partial charge in [0.05, 0.1) is 11.8 Å². The minimum atomic E-state index is 0.144. The summed E-state index contributed by atoms with van der Waals surface area (Å²) in [5.41, 5.74) is 1.60. The van der Waals surface area contributed by atoms with Crippen LogP contribution in [0.15, 0.2) is 18.2 Å². The fraction of sp³-hybridized carbons (Fsp3) is 0.500. The molecule has 0 radical (unpaired) electrons. The van der Waals surface area contributed by atoms with E-state index in [-0.39, 0.29) is 5.54 Å². The van der Waals surface area contributed by atoms with Gasteiger partial charge in [-0.3, -0.25) is 0 Å². The van der Waals surface area contributed by atoms with E-state index in [9.17, 15) is 0 Å². The van der Waals surface area contributed by atoms with E-state index in [1.54, 1.807) is 7.11 Å². The van der Waals surface area contributed by atoms with Crippen LogP contribution in [0, 0.1) is 0 Å². The highest BCUT2D eigenvalue weighted by molar-refractivity contribution is 7.19. The van der Waals surface area contributed by atoms with Gasteiger partial charge in [-0.15, -0.1) is 11.3 Å². The SMILES string of the molecule is CCc1c(CNC(C)(C)C)sc2c(OC)cccc12. The van der Waals surface area contributed by atoms with E-state index in [0.29, 0.717) is 0 Å². The van der Waals surface area contributed by atoms with Crippen molar-refractivity contribution in [2.24, 2.45) is 0 Å². The van der Waals surface area contributed by atoms with E-state index < -0.39 is 0 Å². The van der Waals surface area contributed by atoms with Crippen molar-refractivity contribution in [3.63, 3.8) is 0 Å². The average Bonchev–Trinajstić information content (AvgIpc) is 2.72. The Morgan fingerprint density at radius 3 is 2.58 bits per heavy atom. The van der Waals surface area contributed by atoms with Gasteiger partial charge in [-0.05, 0) is 44.2 Å². The summed E-state index contributed by atoms with van der Waals surface area (Å²) in [4.78, 5) is 1.43. The second-order valence-corrected chi connectivity index (χ2v) is 6.90. The van der Waals surface area contributed by atoms with Crippen LogP contribution < -0.4 is 10.1 Å². The van der Waals surface area contributed by atoms with Crippen molar-refractivity contribution in [2.45, 2.75) is 46.2 Å². The highest BCUT2D eigenvalue weighted by Crippen LogP contribution is 2.37. The lowest BCUT2D eigenvalue weighted by Gasteiger charge is -2.20. The minimum absolute atomic E-state index is 0.144. The van der Waals surface area contributed by atoms with Crippen LogP contribution >= 0.6 is 11.3 Å². The first-order chi connectivity index (χ1) is 8.96. The molecule has 19 heavy (non-hydrogen) atoms. The van der Waals surface area contributed by atoms with Crippen LogP contribution in [-0.2, 0) is 13.0 Å². The van der Waals surface area contributed by atoms with Crippen molar-refractivity contribution in [1.82, 2.24) is 5.32 Å². The maximum Gasteiger partial charge on any atom is 0.136 e. The van der Waals surface area contributed by atoms with Crippen molar-refractivity contribution in [2.75, 3.05) is 7.11 Å². The summed E-state index contributed by atoms with van der Waals surface area (Å²) in [6.45, 7) is 9.75. The Labute approximate surface area is 119 Å². The predicted molar refractivity (Wildman–Crippen MR) is 84.3 cm³/mol. The molecule has 0 atom stereocenters. The number of fused-ring (bicyclic) bond motifs is 1. The van der Waals surface area contributed by atoms with E-state index in [2.05, 4.69) is 45.1 Å². The molecular formula is C16H23NOS. The first-order valence-electron chi connectivity index (χ1n) is 6.78. The number of rotatable bonds is 4. The van der Waals surface area contributed by atoms with Gasteiger partial charge in [-0.2, -0.15) is 0 Å². The fourth-order valence-electron chi connectivity index (χ4n) is 2.23.